The molecule has 0 amide bonds. The second-order valence-electron chi connectivity index (χ2n) is 3.69. The standard InChI is InChI=1S/C12H18N2O/c1-9-5-6-12(14-10(2)13)8-11(9)4-3-7-15/h5-6,8,15H,3-4,7H2,1-2H3,(H2,13,14). The van der Waals surface area contributed by atoms with Crippen molar-refractivity contribution in [3.63, 3.8) is 0 Å². The van der Waals surface area contributed by atoms with Gasteiger partial charge < -0.3 is 10.8 Å². The third kappa shape index (κ3) is 3.72. The molecular formula is C12H18N2O. The topological polar surface area (TPSA) is 58.6 Å². The quantitative estimate of drug-likeness (QED) is 0.584. The zero-order valence-corrected chi connectivity index (χ0v) is 9.33. The smallest absolute Gasteiger partial charge is 0.0964 e. The van der Waals surface area contributed by atoms with Crippen LogP contribution in [-0.4, -0.2) is 17.5 Å². The molecule has 1 rings (SSSR count). The number of aryl methyl sites for hydroxylation is 2. The highest BCUT2D eigenvalue weighted by molar-refractivity contribution is 5.80. The van der Waals surface area contributed by atoms with Crippen LogP contribution in [0, 0.1) is 6.92 Å². The normalized spacial score (nSPS) is 11.8. The highest BCUT2D eigenvalue weighted by atomic mass is 16.2. The second kappa shape index (κ2) is 5.51. The fourth-order valence-electron chi connectivity index (χ4n) is 1.47. The van der Waals surface area contributed by atoms with Crippen LogP contribution in [0.25, 0.3) is 0 Å². The molecule has 0 aliphatic carbocycles. The minimum atomic E-state index is 0.225. The minimum absolute atomic E-state index is 0.225. The molecule has 0 heterocycles. The Labute approximate surface area is 90.7 Å². The van der Waals surface area contributed by atoms with Gasteiger partial charge in [-0.15, -0.1) is 0 Å². The number of benzene rings is 1. The zero-order chi connectivity index (χ0) is 11.3. The van der Waals surface area contributed by atoms with E-state index in [1.807, 2.05) is 18.2 Å². The molecule has 0 bridgehead atoms. The van der Waals surface area contributed by atoms with Gasteiger partial charge in [-0.1, -0.05) is 6.07 Å². The third-order valence-corrected chi connectivity index (χ3v) is 2.24. The Morgan fingerprint density at radius 1 is 1.47 bits per heavy atom. The lowest BCUT2D eigenvalue weighted by Gasteiger charge is -2.06. The van der Waals surface area contributed by atoms with E-state index in [-0.39, 0.29) is 6.61 Å². The molecular weight excluding hydrogens is 188 g/mol. The number of aliphatic imine (C=N–C) groups is 1. The number of nitrogens with two attached hydrogens (primary N) is 1. The van der Waals surface area contributed by atoms with Gasteiger partial charge in [0, 0.05) is 6.61 Å². The number of aliphatic hydroxyl groups is 1. The van der Waals surface area contributed by atoms with Crippen LogP contribution in [0.1, 0.15) is 24.5 Å². The fraction of sp³-hybridized carbons (Fsp3) is 0.417. The SMILES string of the molecule is CC(N)=Nc1ccc(C)c(CCCO)c1. The predicted molar refractivity (Wildman–Crippen MR) is 63.5 cm³/mol. The van der Waals surface area contributed by atoms with Gasteiger partial charge in [0.05, 0.1) is 11.5 Å². The average Bonchev–Trinajstić information content (AvgIpc) is 2.18. The van der Waals surface area contributed by atoms with Crippen LogP contribution in [0.2, 0.25) is 0 Å². The predicted octanol–water partition coefficient (Wildman–Crippen LogP) is 1.93. The Kier molecular flexibility index (Phi) is 4.31. The molecule has 82 valence electrons. The molecule has 3 N–H and O–H groups in total. The molecule has 0 atom stereocenters. The zero-order valence-electron chi connectivity index (χ0n) is 9.33. The van der Waals surface area contributed by atoms with E-state index >= 15 is 0 Å². The Bertz CT molecular complexity index is 355. The summed E-state index contributed by atoms with van der Waals surface area (Å²) in [4.78, 5) is 4.20. The van der Waals surface area contributed by atoms with Gasteiger partial charge in [0.15, 0.2) is 0 Å². The van der Waals surface area contributed by atoms with Gasteiger partial charge in [-0.25, -0.2) is 4.99 Å². The van der Waals surface area contributed by atoms with Crippen LogP contribution in [0.3, 0.4) is 0 Å². The molecule has 0 aromatic heterocycles. The summed E-state index contributed by atoms with van der Waals surface area (Å²) in [6.07, 6.45) is 1.67. The number of rotatable bonds is 4. The lowest BCUT2D eigenvalue weighted by atomic mass is 10.0. The van der Waals surface area contributed by atoms with Crippen LogP contribution in [0.5, 0.6) is 0 Å². The largest absolute Gasteiger partial charge is 0.396 e. The number of hydrogen-bond acceptors (Lipinski definition) is 2. The van der Waals surface area contributed by atoms with Gasteiger partial charge in [-0.05, 0) is 49.9 Å². The monoisotopic (exact) mass is 206 g/mol. The average molecular weight is 206 g/mol. The van der Waals surface area contributed by atoms with E-state index in [1.165, 1.54) is 11.1 Å². The maximum absolute atomic E-state index is 8.79. The number of hydrogen-bond donors (Lipinski definition) is 2. The van der Waals surface area contributed by atoms with Crippen molar-refractivity contribution in [2.24, 2.45) is 10.7 Å². The van der Waals surface area contributed by atoms with Crippen LogP contribution >= 0.6 is 0 Å². The van der Waals surface area contributed by atoms with Crippen molar-refractivity contribution in [1.82, 2.24) is 0 Å². The van der Waals surface area contributed by atoms with E-state index in [2.05, 4.69) is 11.9 Å². The molecule has 3 heteroatoms. The number of aliphatic hydroxyl groups excluding tert-OH is 1. The van der Waals surface area contributed by atoms with E-state index in [0.29, 0.717) is 5.84 Å². The third-order valence-electron chi connectivity index (χ3n) is 2.24. The Morgan fingerprint density at radius 3 is 2.80 bits per heavy atom. The van der Waals surface area contributed by atoms with E-state index < -0.39 is 0 Å². The summed E-state index contributed by atoms with van der Waals surface area (Å²) in [6.45, 7) is 4.06. The van der Waals surface area contributed by atoms with Gasteiger partial charge in [-0.3, -0.25) is 0 Å². The highest BCUT2D eigenvalue weighted by Crippen LogP contribution is 2.19. The van der Waals surface area contributed by atoms with Crippen molar-refractivity contribution < 1.29 is 5.11 Å². The first-order chi connectivity index (χ1) is 7.13. The van der Waals surface area contributed by atoms with Crippen molar-refractivity contribution in [3.8, 4) is 0 Å². The molecule has 0 saturated carbocycles. The maximum atomic E-state index is 8.79. The lowest BCUT2D eigenvalue weighted by molar-refractivity contribution is 0.288. The first-order valence-electron chi connectivity index (χ1n) is 5.14. The van der Waals surface area contributed by atoms with E-state index in [4.69, 9.17) is 10.8 Å². The van der Waals surface area contributed by atoms with E-state index in [0.717, 1.165) is 18.5 Å². The maximum Gasteiger partial charge on any atom is 0.0964 e. The van der Waals surface area contributed by atoms with Crippen LogP contribution in [0.15, 0.2) is 23.2 Å². The van der Waals surface area contributed by atoms with Gasteiger partial charge in [0.25, 0.3) is 0 Å². The molecule has 0 spiro atoms. The first kappa shape index (κ1) is 11.7. The Balaban J connectivity index is 2.90. The van der Waals surface area contributed by atoms with Crippen molar-refractivity contribution >= 4 is 11.5 Å². The van der Waals surface area contributed by atoms with Crippen molar-refractivity contribution in [2.45, 2.75) is 26.7 Å². The van der Waals surface area contributed by atoms with Gasteiger partial charge in [0.1, 0.15) is 0 Å². The van der Waals surface area contributed by atoms with Gasteiger partial charge in [0.2, 0.25) is 0 Å². The second-order valence-corrected chi connectivity index (χ2v) is 3.69. The van der Waals surface area contributed by atoms with Crippen LogP contribution < -0.4 is 5.73 Å². The lowest BCUT2D eigenvalue weighted by Crippen LogP contribution is -2.03. The first-order valence-corrected chi connectivity index (χ1v) is 5.14. The summed E-state index contributed by atoms with van der Waals surface area (Å²) in [5, 5.41) is 8.79. The summed E-state index contributed by atoms with van der Waals surface area (Å²) in [5.41, 5.74) is 8.87. The van der Waals surface area contributed by atoms with Crippen molar-refractivity contribution in [2.75, 3.05) is 6.61 Å². The van der Waals surface area contributed by atoms with Crippen molar-refractivity contribution in [1.29, 1.82) is 0 Å². The molecule has 1 aromatic carbocycles. The summed E-state index contributed by atoms with van der Waals surface area (Å²) in [7, 11) is 0. The fourth-order valence-corrected chi connectivity index (χ4v) is 1.47. The number of amidine groups is 1. The van der Waals surface area contributed by atoms with E-state index in [9.17, 15) is 0 Å². The summed E-state index contributed by atoms with van der Waals surface area (Å²) < 4.78 is 0. The summed E-state index contributed by atoms with van der Waals surface area (Å²) >= 11 is 0. The molecule has 0 saturated heterocycles. The molecule has 0 radical (unpaired) electrons. The van der Waals surface area contributed by atoms with Crippen LogP contribution in [0.4, 0.5) is 5.69 Å². The Morgan fingerprint density at radius 2 is 2.20 bits per heavy atom. The molecule has 3 nitrogen and oxygen atoms in total. The van der Waals surface area contributed by atoms with Crippen LogP contribution in [-0.2, 0) is 6.42 Å². The highest BCUT2D eigenvalue weighted by Gasteiger charge is 1.99. The molecule has 0 fully saturated rings. The molecule has 0 unspecified atom stereocenters. The van der Waals surface area contributed by atoms with Crippen molar-refractivity contribution in [3.05, 3.63) is 29.3 Å². The number of nitrogens with zero attached hydrogens (tertiary/aromatic N) is 1. The Hall–Kier alpha value is -1.35. The summed E-state index contributed by atoms with van der Waals surface area (Å²) in [6, 6.07) is 6.02. The molecule has 1 aromatic rings. The minimum Gasteiger partial charge on any atom is -0.396 e. The van der Waals surface area contributed by atoms with E-state index in [1.54, 1.807) is 6.92 Å². The molecule has 0 aliphatic heterocycles. The molecule has 0 aliphatic rings. The molecule has 15 heavy (non-hydrogen) atoms. The van der Waals surface area contributed by atoms with Gasteiger partial charge in [-0.2, -0.15) is 0 Å². The summed E-state index contributed by atoms with van der Waals surface area (Å²) in [5.74, 6) is 0.562. The van der Waals surface area contributed by atoms with Gasteiger partial charge >= 0.3 is 0 Å².